The van der Waals surface area contributed by atoms with Crippen molar-refractivity contribution in [2.24, 2.45) is 0 Å². The van der Waals surface area contributed by atoms with Gasteiger partial charge >= 0.3 is 0 Å². The molecule has 0 atom stereocenters. The number of hydrogen-bond acceptors (Lipinski definition) is 1. The first kappa shape index (κ1) is 10.7. The summed E-state index contributed by atoms with van der Waals surface area (Å²) in [5.74, 6) is 1.83. The van der Waals surface area contributed by atoms with Crippen molar-refractivity contribution in [1.29, 1.82) is 0 Å². The molecule has 0 aliphatic heterocycles. The molecule has 16 heavy (non-hydrogen) atoms. The van der Waals surface area contributed by atoms with Crippen molar-refractivity contribution < 1.29 is 4.74 Å². The van der Waals surface area contributed by atoms with E-state index in [2.05, 4.69) is 32.9 Å². The molecule has 0 saturated heterocycles. The largest absolute Gasteiger partial charge is 0.457 e. The van der Waals surface area contributed by atoms with Gasteiger partial charge in [0.15, 0.2) is 0 Å². The zero-order valence-corrected chi connectivity index (χ0v) is 9.95. The molecule has 2 aromatic carbocycles. The van der Waals surface area contributed by atoms with Crippen LogP contribution in [0.4, 0.5) is 0 Å². The van der Waals surface area contributed by atoms with Crippen molar-refractivity contribution in [3.8, 4) is 11.5 Å². The fourth-order valence-electron chi connectivity index (χ4n) is 1.72. The van der Waals surface area contributed by atoms with Gasteiger partial charge in [0.1, 0.15) is 11.5 Å². The lowest BCUT2D eigenvalue weighted by atomic mass is 10.1. The third-order valence-electron chi connectivity index (χ3n) is 2.74. The molecule has 0 aliphatic carbocycles. The van der Waals surface area contributed by atoms with Crippen LogP contribution in [-0.2, 0) is 0 Å². The Labute approximate surface area is 96.7 Å². The molecule has 1 nitrogen and oxygen atoms in total. The van der Waals surface area contributed by atoms with Crippen molar-refractivity contribution in [3.63, 3.8) is 0 Å². The van der Waals surface area contributed by atoms with Crippen LogP contribution in [0.5, 0.6) is 11.5 Å². The zero-order valence-electron chi connectivity index (χ0n) is 9.95. The first-order valence-electron chi connectivity index (χ1n) is 5.47. The van der Waals surface area contributed by atoms with E-state index in [1.807, 2.05) is 30.3 Å². The number of para-hydroxylation sites is 1. The van der Waals surface area contributed by atoms with Gasteiger partial charge < -0.3 is 4.74 Å². The van der Waals surface area contributed by atoms with Crippen molar-refractivity contribution in [2.75, 3.05) is 0 Å². The van der Waals surface area contributed by atoms with Gasteiger partial charge in [0, 0.05) is 0 Å². The van der Waals surface area contributed by atoms with E-state index in [0.29, 0.717) is 0 Å². The average molecular weight is 212 g/mol. The molecule has 0 fully saturated rings. The molecule has 1 heteroatoms. The normalized spacial score (nSPS) is 10.2. The summed E-state index contributed by atoms with van der Waals surface area (Å²) in [5.41, 5.74) is 3.70. The van der Waals surface area contributed by atoms with Crippen LogP contribution in [0.25, 0.3) is 0 Å². The van der Waals surface area contributed by atoms with Gasteiger partial charge in [-0.15, -0.1) is 0 Å². The lowest BCUT2D eigenvalue weighted by Crippen LogP contribution is -1.91. The number of ether oxygens (including phenoxy) is 1. The number of rotatable bonds is 2. The van der Waals surface area contributed by atoms with E-state index in [-0.39, 0.29) is 0 Å². The fraction of sp³-hybridized carbons (Fsp3) is 0.200. The Morgan fingerprint density at radius 3 is 2.25 bits per heavy atom. The monoisotopic (exact) mass is 212 g/mol. The highest BCUT2D eigenvalue weighted by Crippen LogP contribution is 2.28. The predicted molar refractivity (Wildman–Crippen MR) is 67.2 cm³/mol. The standard InChI is InChI=1S/C15H16O/c1-11-9-12(2)13(3)15(10-11)16-14-7-5-4-6-8-14/h4-10H,1-3H3. The van der Waals surface area contributed by atoms with Gasteiger partial charge in [-0.3, -0.25) is 0 Å². The van der Waals surface area contributed by atoms with E-state index in [4.69, 9.17) is 4.74 Å². The Bertz CT molecular complexity index is 486. The molecule has 0 bridgehead atoms. The highest BCUT2D eigenvalue weighted by atomic mass is 16.5. The average Bonchev–Trinajstić information content (AvgIpc) is 2.27. The molecule has 0 radical (unpaired) electrons. The first-order chi connectivity index (χ1) is 7.66. The predicted octanol–water partition coefficient (Wildman–Crippen LogP) is 4.40. The topological polar surface area (TPSA) is 9.23 Å². The highest BCUT2D eigenvalue weighted by molar-refractivity contribution is 5.44. The maximum Gasteiger partial charge on any atom is 0.130 e. The molecule has 2 aromatic rings. The van der Waals surface area contributed by atoms with Crippen LogP contribution < -0.4 is 4.74 Å². The maximum absolute atomic E-state index is 5.87. The second-order valence-corrected chi connectivity index (χ2v) is 4.12. The Kier molecular flexibility index (Phi) is 2.95. The molecular weight excluding hydrogens is 196 g/mol. The molecule has 0 spiro atoms. The van der Waals surface area contributed by atoms with Crippen LogP contribution in [0, 0.1) is 20.8 Å². The van der Waals surface area contributed by atoms with Crippen LogP contribution in [0.1, 0.15) is 16.7 Å². The molecule has 0 amide bonds. The summed E-state index contributed by atoms with van der Waals surface area (Å²) in [4.78, 5) is 0. The number of aryl methyl sites for hydroxylation is 2. The molecule has 0 unspecified atom stereocenters. The maximum atomic E-state index is 5.87. The first-order valence-corrected chi connectivity index (χ1v) is 5.47. The summed E-state index contributed by atoms with van der Waals surface area (Å²) in [6.45, 7) is 6.29. The Morgan fingerprint density at radius 2 is 1.56 bits per heavy atom. The summed E-state index contributed by atoms with van der Waals surface area (Å²) in [6, 6.07) is 14.1. The molecule has 0 saturated carbocycles. The van der Waals surface area contributed by atoms with Crippen molar-refractivity contribution >= 4 is 0 Å². The Balaban J connectivity index is 2.35. The molecule has 0 N–H and O–H groups in total. The van der Waals surface area contributed by atoms with Gasteiger partial charge in [-0.05, 0) is 55.7 Å². The minimum Gasteiger partial charge on any atom is -0.457 e. The molecule has 0 aliphatic rings. The number of hydrogen-bond donors (Lipinski definition) is 0. The molecule has 82 valence electrons. The highest BCUT2D eigenvalue weighted by Gasteiger charge is 2.04. The minimum atomic E-state index is 0.885. The third-order valence-corrected chi connectivity index (χ3v) is 2.74. The second-order valence-electron chi connectivity index (χ2n) is 4.12. The minimum absolute atomic E-state index is 0.885. The van der Waals surface area contributed by atoms with Crippen LogP contribution in [-0.4, -0.2) is 0 Å². The van der Waals surface area contributed by atoms with Crippen LogP contribution >= 0.6 is 0 Å². The van der Waals surface area contributed by atoms with E-state index in [9.17, 15) is 0 Å². The van der Waals surface area contributed by atoms with Crippen LogP contribution in [0.3, 0.4) is 0 Å². The SMILES string of the molecule is Cc1cc(C)c(C)c(Oc2ccccc2)c1. The van der Waals surface area contributed by atoms with E-state index in [0.717, 1.165) is 11.5 Å². The van der Waals surface area contributed by atoms with Gasteiger partial charge in [-0.25, -0.2) is 0 Å². The lowest BCUT2D eigenvalue weighted by Gasteiger charge is -2.11. The zero-order chi connectivity index (χ0) is 11.5. The van der Waals surface area contributed by atoms with Crippen molar-refractivity contribution in [2.45, 2.75) is 20.8 Å². The molecule has 0 aromatic heterocycles. The van der Waals surface area contributed by atoms with E-state index >= 15 is 0 Å². The fourth-order valence-corrected chi connectivity index (χ4v) is 1.72. The van der Waals surface area contributed by atoms with Crippen molar-refractivity contribution in [3.05, 3.63) is 59.2 Å². The summed E-state index contributed by atoms with van der Waals surface area (Å²) in [5, 5.41) is 0. The summed E-state index contributed by atoms with van der Waals surface area (Å²) < 4.78 is 5.87. The van der Waals surface area contributed by atoms with Gasteiger partial charge in [-0.2, -0.15) is 0 Å². The smallest absolute Gasteiger partial charge is 0.130 e. The Morgan fingerprint density at radius 1 is 0.875 bits per heavy atom. The lowest BCUT2D eigenvalue weighted by molar-refractivity contribution is 0.478. The van der Waals surface area contributed by atoms with Crippen molar-refractivity contribution in [1.82, 2.24) is 0 Å². The van der Waals surface area contributed by atoms with Crippen LogP contribution in [0.2, 0.25) is 0 Å². The summed E-state index contributed by atoms with van der Waals surface area (Å²) >= 11 is 0. The molecule has 2 rings (SSSR count). The van der Waals surface area contributed by atoms with Gasteiger partial charge in [0.05, 0.1) is 0 Å². The molecule has 0 heterocycles. The van der Waals surface area contributed by atoms with Gasteiger partial charge in [0.25, 0.3) is 0 Å². The summed E-state index contributed by atoms with van der Waals surface area (Å²) in [6.07, 6.45) is 0. The van der Waals surface area contributed by atoms with Crippen LogP contribution in [0.15, 0.2) is 42.5 Å². The quantitative estimate of drug-likeness (QED) is 0.716. The number of benzene rings is 2. The van der Waals surface area contributed by atoms with Gasteiger partial charge in [-0.1, -0.05) is 24.3 Å². The third kappa shape index (κ3) is 2.25. The van der Waals surface area contributed by atoms with E-state index < -0.39 is 0 Å². The van der Waals surface area contributed by atoms with Gasteiger partial charge in [0.2, 0.25) is 0 Å². The second kappa shape index (κ2) is 4.40. The van der Waals surface area contributed by atoms with E-state index in [1.165, 1.54) is 16.7 Å². The Hall–Kier alpha value is -1.76. The summed E-state index contributed by atoms with van der Waals surface area (Å²) in [7, 11) is 0. The molecular formula is C15H16O. The van der Waals surface area contributed by atoms with E-state index in [1.54, 1.807) is 0 Å².